The topological polar surface area (TPSA) is 63.1 Å². The molecule has 0 spiro atoms. The minimum absolute atomic E-state index is 0. The van der Waals surface area contributed by atoms with Crippen molar-refractivity contribution in [3.63, 3.8) is 0 Å². The number of fused-ring (bicyclic) bond motifs is 2. The molecule has 1 radical (unpaired) electrons. The van der Waals surface area contributed by atoms with E-state index in [4.69, 9.17) is 22.6 Å². The Bertz CT molecular complexity index is 2020. The van der Waals surface area contributed by atoms with Gasteiger partial charge in [0.2, 0.25) is 0 Å². The van der Waals surface area contributed by atoms with E-state index in [-0.39, 0.29) is 47.9 Å². The summed E-state index contributed by atoms with van der Waals surface area (Å²) in [7, 11) is 0. The average molecular weight is 934 g/mol. The van der Waals surface area contributed by atoms with E-state index in [2.05, 4.69) is 83.3 Å². The van der Waals surface area contributed by atoms with Crippen molar-refractivity contribution in [2.24, 2.45) is 16.7 Å². The first-order chi connectivity index (χ1) is 23.9. The summed E-state index contributed by atoms with van der Waals surface area (Å²) in [4.78, 5) is 23.8. The number of ketones is 1. The summed E-state index contributed by atoms with van der Waals surface area (Å²) in [6.07, 6.45) is 7.48. The first kappa shape index (κ1) is 44.0. The maximum Gasteiger partial charge on any atom is 0.164 e. The van der Waals surface area contributed by atoms with Gasteiger partial charge in [0.05, 0.1) is 5.69 Å². The molecule has 4 nitrogen and oxygen atoms in total. The number of benzene rings is 2. The average Bonchev–Trinajstić information content (AvgIpc) is 3.70. The fourth-order valence-electron chi connectivity index (χ4n) is 6.33. The first-order valence-corrected chi connectivity index (χ1v) is 20.5. The van der Waals surface area contributed by atoms with Crippen LogP contribution in [-0.4, -0.2) is 20.9 Å². The number of nitrogens with zero attached hydrogens (tertiary/aromatic N) is 2. The van der Waals surface area contributed by atoms with Crippen LogP contribution in [0.5, 0.6) is 0 Å². The molecule has 0 aliphatic heterocycles. The van der Waals surface area contributed by atoms with Crippen LogP contribution in [0.15, 0.2) is 58.8 Å². The number of carbonyl (C=O) groups is 1. The molecule has 3 aromatic heterocycles. The Balaban J connectivity index is 0.000000347. The number of aromatic nitrogens is 2. The fraction of sp³-hybridized carbons (Fsp3) is 0.477. The Morgan fingerprint density at radius 2 is 1.58 bits per heavy atom. The number of aliphatic hydroxyl groups is 1. The molecule has 0 bridgehead atoms. The summed E-state index contributed by atoms with van der Waals surface area (Å²) in [5.74, 6) is 0.873. The van der Waals surface area contributed by atoms with Crippen molar-refractivity contribution in [2.45, 2.75) is 125 Å². The Hall–Kier alpha value is -2.35. The largest absolute Gasteiger partial charge is 0.512 e. The molecule has 0 aliphatic rings. The van der Waals surface area contributed by atoms with Crippen LogP contribution in [0.25, 0.3) is 42.7 Å². The van der Waals surface area contributed by atoms with Gasteiger partial charge in [-0.15, -0.1) is 47.6 Å². The molecule has 52 heavy (non-hydrogen) atoms. The maximum atomic E-state index is 12.2. The molecule has 8 heteroatoms. The Labute approximate surface area is 339 Å². The molecule has 0 saturated heterocycles. The van der Waals surface area contributed by atoms with Gasteiger partial charge in [-0.25, -0.2) is 4.98 Å². The van der Waals surface area contributed by atoms with E-state index in [1.807, 2.05) is 52.9 Å². The molecular weight excluding hydrogens is 877 g/mol. The molecule has 0 fully saturated rings. The van der Waals surface area contributed by atoms with Crippen molar-refractivity contribution in [3.8, 4) is 22.5 Å². The van der Waals surface area contributed by atoms with Gasteiger partial charge < -0.3 is 5.11 Å². The monoisotopic (exact) mass is 934 g/mol. The number of aliphatic hydroxyl groups excluding tert-OH is 1. The quantitative estimate of drug-likeness (QED) is 0.0599. The molecule has 5 rings (SSSR count). The minimum Gasteiger partial charge on any atom is -0.512 e. The van der Waals surface area contributed by atoms with Crippen molar-refractivity contribution < 1.29 is 30.0 Å². The third-order valence-electron chi connectivity index (χ3n) is 10.8. The van der Waals surface area contributed by atoms with E-state index in [1.165, 1.54) is 36.9 Å². The zero-order valence-electron chi connectivity index (χ0n) is 33.1. The van der Waals surface area contributed by atoms with Gasteiger partial charge in [-0.2, -0.15) is 11.3 Å². The van der Waals surface area contributed by atoms with Crippen LogP contribution in [0.4, 0.5) is 0 Å². The van der Waals surface area contributed by atoms with Gasteiger partial charge in [0, 0.05) is 68.1 Å². The van der Waals surface area contributed by atoms with Crippen LogP contribution in [-0.2, 0) is 36.7 Å². The summed E-state index contributed by atoms with van der Waals surface area (Å²) in [5, 5.41) is 14.7. The van der Waals surface area contributed by atoms with Crippen LogP contribution >= 0.6 is 35.3 Å². The second-order valence-electron chi connectivity index (χ2n) is 15.8. The predicted molar refractivity (Wildman–Crippen MR) is 225 cm³/mol. The van der Waals surface area contributed by atoms with Crippen LogP contribution in [0.2, 0.25) is 0 Å². The second kappa shape index (κ2) is 17.9. The number of thiol groups is 1. The third kappa shape index (κ3) is 9.29. The van der Waals surface area contributed by atoms with Gasteiger partial charge in [0.25, 0.3) is 0 Å². The maximum absolute atomic E-state index is 12.2. The molecule has 0 saturated carbocycles. The summed E-state index contributed by atoms with van der Waals surface area (Å²) >= 11 is 8.66. The van der Waals surface area contributed by atoms with Gasteiger partial charge in [-0.05, 0) is 72.1 Å². The molecule has 3 heterocycles. The van der Waals surface area contributed by atoms with E-state index >= 15 is 0 Å². The summed E-state index contributed by atoms with van der Waals surface area (Å²) < 4.78 is 2.60. The van der Waals surface area contributed by atoms with E-state index < -0.39 is 0 Å². The molecule has 1 N–H and O–H groups in total. The number of carbonyl (C=O) groups excluding carboxylic acids is 1. The standard InChI is InChI=1S/C29H29N2S3.C15H28O2.Ir/c1-16(2)12-21-17(3)34-23-9-7-8-20(24(21)23)26-27(32)25(30-15-31-26)19-13-18-10-11-33-28(18)22(14-19)29(4,5)6;1-7-14(5,8-2)12(16)11-13(17)15(6,9-3)10-4;/h7-11,14-16,32H,12H2,1-6H3;11,16H,7-10H2,1-6H3;/q-1;;/b;12-11-;. The number of aryl methyl sites for hydroxylation is 1. The summed E-state index contributed by atoms with van der Waals surface area (Å²) in [6.45, 7) is 25.7. The first-order valence-electron chi connectivity index (χ1n) is 18.4. The number of thiophene rings is 2. The Morgan fingerprint density at radius 1 is 0.962 bits per heavy atom. The van der Waals surface area contributed by atoms with Crippen LogP contribution < -0.4 is 0 Å². The molecule has 5 aromatic rings. The van der Waals surface area contributed by atoms with Gasteiger partial charge in [0.15, 0.2) is 5.78 Å². The van der Waals surface area contributed by atoms with Crippen molar-refractivity contribution in [1.82, 2.24) is 9.97 Å². The van der Waals surface area contributed by atoms with E-state index in [1.54, 1.807) is 17.7 Å². The van der Waals surface area contributed by atoms with E-state index in [0.717, 1.165) is 64.9 Å². The third-order valence-corrected chi connectivity index (χ3v) is 13.3. The zero-order chi connectivity index (χ0) is 37.9. The van der Waals surface area contributed by atoms with Gasteiger partial charge in [-0.1, -0.05) is 99.4 Å². The summed E-state index contributed by atoms with van der Waals surface area (Å²) in [6, 6.07) is 14.5. The molecule has 0 aliphatic carbocycles. The van der Waals surface area contributed by atoms with Crippen molar-refractivity contribution >= 4 is 61.3 Å². The normalized spacial score (nSPS) is 12.6. The molecule has 0 unspecified atom stereocenters. The van der Waals surface area contributed by atoms with E-state index in [9.17, 15) is 9.90 Å². The number of allylic oxidation sites excluding steroid dienone is 2. The minimum atomic E-state index is -0.337. The van der Waals surface area contributed by atoms with E-state index in [0.29, 0.717) is 5.92 Å². The summed E-state index contributed by atoms with van der Waals surface area (Å²) in [5.41, 5.74) is 5.99. The van der Waals surface area contributed by atoms with Crippen molar-refractivity contribution in [1.29, 1.82) is 0 Å². The van der Waals surface area contributed by atoms with Gasteiger partial charge in [0.1, 0.15) is 12.1 Å². The zero-order valence-corrected chi connectivity index (χ0v) is 38.0. The SMILES string of the molecule is CCC(C)(CC)C(=O)/C=C(\O)C(C)(CC)CC.Cc1sc2cccc(-c3ncnc(-c4[c-]c5ccsc5c(C(C)(C)C)c4)c3S)c2c1CC(C)C.[Ir]. The van der Waals surface area contributed by atoms with Crippen molar-refractivity contribution in [3.05, 3.63) is 75.9 Å². The number of rotatable bonds is 11. The molecular formula is C44H57IrN2O2S3-. The Morgan fingerprint density at radius 3 is 2.15 bits per heavy atom. The fourth-order valence-corrected chi connectivity index (χ4v) is 8.88. The van der Waals surface area contributed by atoms with Gasteiger partial charge in [-0.3, -0.25) is 9.78 Å². The van der Waals surface area contributed by atoms with Crippen LogP contribution in [0, 0.1) is 29.7 Å². The molecule has 0 atom stereocenters. The number of hydrogen-bond acceptors (Lipinski definition) is 7. The van der Waals surface area contributed by atoms with Crippen molar-refractivity contribution in [2.75, 3.05) is 0 Å². The molecule has 2 aromatic carbocycles. The number of hydrogen-bond donors (Lipinski definition) is 2. The predicted octanol–water partition coefficient (Wildman–Crippen LogP) is 13.8. The smallest absolute Gasteiger partial charge is 0.164 e. The molecule has 0 amide bonds. The van der Waals surface area contributed by atoms with Crippen LogP contribution in [0.1, 0.15) is 118 Å². The molecule has 283 valence electrons. The van der Waals surface area contributed by atoms with Crippen LogP contribution in [0.3, 0.4) is 0 Å². The van der Waals surface area contributed by atoms with Gasteiger partial charge >= 0.3 is 0 Å². The Kier molecular flexibility index (Phi) is 15.1. The second-order valence-corrected chi connectivity index (χ2v) is 18.4.